The number of allylic oxidation sites excluding steroid dienone is 1. The third kappa shape index (κ3) is 2.10. The quantitative estimate of drug-likeness (QED) is 0.642. The lowest BCUT2D eigenvalue weighted by atomic mass is 9.95. The van der Waals surface area contributed by atoms with Crippen LogP contribution >= 0.6 is 0 Å². The van der Waals surface area contributed by atoms with Gasteiger partial charge >= 0.3 is 0 Å². The van der Waals surface area contributed by atoms with Crippen LogP contribution in [0, 0.1) is 17.8 Å². The number of rotatable bonds is 3. The summed E-state index contributed by atoms with van der Waals surface area (Å²) < 4.78 is 0. The molecule has 1 nitrogen and oxygen atoms in total. The summed E-state index contributed by atoms with van der Waals surface area (Å²) in [4.78, 5) is 0. The van der Waals surface area contributed by atoms with Gasteiger partial charge in [-0.3, -0.25) is 0 Å². The van der Waals surface area contributed by atoms with Gasteiger partial charge in [0.25, 0.3) is 0 Å². The summed E-state index contributed by atoms with van der Waals surface area (Å²) in [5.74, 6) is 2.06. The van der Waals surface area contributed by atoms with Crippen LogP contribution in [0.2, 0.25) is 0 Å². The molecular formula is C11H20O. The second-order valence-corrected chi connectivity index (χ2v) is 4.23. The maximum atomic E-state index is 9.43. The minimum absolute atomic E-state index is 0.123. The first-order valence-corrected chi connectivity index (χ1v) is 4.94. The van der Waals surface area contributed by atoms with Crippen molar-refractivity contribution in [2.24, 2.45) is 17.8 Å². The van der Waals surface area contributed by atoms with Gasteiger partial charge in [0, 0.05) is 0 Å². The zero-order valence-electron chi connectivity index (χ0n) is 8.16. The Morgan fingerprint density at radius 3 is 2.67 bits per heavy atom. The van der Waals surface area contributed by atoms with Crippen LogP contribution in [0.3, 0.4) is 0 Å². The minimum Gasteiger partial charge on any atom is -0.393 e. The Morgan fingerprint density at radius 2 is 2.25 bits per heavy atom. The molecule has 2 unspecified atom stereocenters. The van der Waals surface area contributed by atoms with Gasteiger partial charge in [0.05, 0.1) is 6.10 Å². The molecule has 0 radical (unpaired) electrons. The second kappa shape index (κ2) is 4.08. The third-order valence-corrected chi connectivity index (χ3v) is 3.24. The third-order valence-electron chi connectivity index (χ3n) is 3.24. The minimum atomic E-state index is -0.123. The Morgan fingerprint density at radius 1 is 1.58 bits per heavy atom. The first-order valence-electron chi connectivity index (χ1n) is 4.94. The predicted molar refractivity (Wildman–Crippen MR) is 51.9 cm³/mol. The van der Waals surface area contributed by atoms with Crippen molar-refractivity contribution >= 4 is 0 Å². The van der Waals surface area contributed by atoms with Crippen molar-refractivity contribution in [3.8, 4) is 0 Å². The zero-order valence-corrected chi connectivity index (χ0v) is 8.16. The topological polar surface area (TPSA) is 20.2 Å². The molecule has 1 aliphatic rings. The Balaban J connectivity index is 2.44. The average Bonchev–Trinajstić information content (AvgIpc) is 2.34. The van der Waals surface area contributed by atoms with Crippen LogP contribution in [-0.4, -0.2) is 11.2 Å². The van der Waals surface area contributed by atoms with Gasteiger partial charge in [-0.25, -0.2) is 0 Å². The van der Waals surface area contributed by atoms with E-state index < -0.39 is 0 Å². The molecule has 1 aliphatic carbocycles. The summed E-state index contributed by atoms with van der Waals surface area (Å²) in [6, 6.07) is 0. The van der Waals surface area contributed by atoms with Crippen LogP contribution < -0.4 is 0 Å². The summed E-state index contributed by atoms with van der Waals surface area (Å²) in [5, 5.41) is 9.43. The van der Waals surface area contributed by atoms with E-state index in [0.717, 1.165) is 18.3 Å². The molecule has 0 amide bonds. The van der Waals surface area contributed by atoms with Crippen LogP contribution in [0.4, 0.5) is 0 Å². The molecule has 0 aromatic rings. The summed E-state index contributed by atoms with van der Waals surface area (Å²) in [7, 11) is 0. The Kier molecular flexibility index (Phi) is 3.33. The monoisotopic (exact) mass is 168 g/mol. The average molecular weight is 168 g/mol. The van der Waals surface area contributed by atoms with E-state index in [1.165, 1.54) is 12.8 Å². The second-order valence-electron chi connectivity index (χ2n) is 4.23. The lowest BCUT2D eigenvalue weighted by Crippen LogP contribution is -2.13. The van der Waals surface area contributed by atoms with Gasteiger partial charge in [-0.15, -0.1) is 6.58 Å². The molecule has 4 atom stereocenters. The first kappa shape index (κ1) is 9.79. The van der Waals surface area contributed by atoms with E-state index in [1.54, 1.807) is 0 Å². The highest BCUT2D eigenvalue weighted by atomic mass is 16.3. The van der Waals surface area contributed by atoms with Gasteiger partial charge in [-0.05, 0) is 43.9 Å². The fraction of sp³-hybridized carbons (Fsp3) is 0.818. The Labute approximate surface area is 75.5 Å². The SMILES string of the molecule is C=CCC1CC([C@@H](C)O)C[C@@H]1C. The molecule has 0 aromatic carbocycles. The van der Waals surface area contributed by atoms with Crippen LogP contribution in [0.15, 0.2) is 12.7 Å². The normalized spacial score (nSPS) is 38.1. The summed E-state index contributed by atoms with van der Waals surface area (Å²) >= 11 is 0. The highest BCUT2D eigenvalue weighted by Gasteiger charge is 2.32. The lowest BCUT2D eigenvalue weighted by Gasteiger charge is -2.12. The number of hydrogen-bond acceptors (Lipinski definition) is 1. The smallest absolute Gasteiger partial charge is 0.0540 e. The van der Waals surface area contributed by atoms with Gasteiger partial charge in [-0.2, -0.15) is 0 Å². The molecule has 1 fully saturated rings. The highest BCUT2D eigenvalue weighted by Crippen LogP contribution is 2.39. The van der Waals surface area contributed by atoms with E-state index >= 15 is 0 Å². The molecule has 0 saturated heterocycles. The van der Waals surface area contributed by atoms with Crippen LogP contribution in [-0.2, 0) is 0 Å². The maximum absolute atomic E-state index is 9.43. The van der Waals surface area contributed by atoms with E-state index in [2.05, 4.69) is 13.5 Å². The Bertz CT molecular complexity index is 151. The van der Waals surface area contributed by atoms with E-state index in [-0.39, 0.29) is 6.10 Å². The molecule has 1 rings (SSSR count). The fourth-order valence-corrected chi connectivity index (χ4v) is 2.32. The molecular weight excluding hydrogens is 148 g/mol. The number of hydrogen-bond donors (Lipinski definition) is 1. The largest absolute Gasteiger partial charge is 0.393 e. The summed E-state index contributed by atoms with van der Waals surface area (Å²) in [5.41, 5.74) is 0. The Hall–Kier alpha value is -0.300. The van der Waals surface area contributed by atoms with Gasteiger partial charge in [0.15, 0.2) is 0 Å². The summed E-state index contributed by atoms with van der Waals surface area (Å²) in [6.07, 6.45) is 5.37. The van der Waals surface area contributed by atoms with Crippen LogP contribution in [0.25, 0.3) is 0 Å². The molecule has 0 bridgehead atoms. The molecule has 70 valence electrons. The fourth-order valence-electron chi connectivity index (χ4n) is 2.32. The van der Waals surface area contributed by atoms with E-state index in [4.69, 9.17) is 0 Å². The number of aliphatic hydroxyl groups excluding tert-OH is 1. The van der Waals surface area contributed by atoms with Gasteiger partial charge in [0.2, 0.25) is 0 Å². The molecule has 0 heterocycles. The van der Waals surface area contributed by atoms with Crippen LogP contribution in [0.5, 0.6) is 0 Å². The molecule has 0 aliphatic heterocycles. The maximum Gasteiger partial charge on any atom is 0.0540 e. The molecule has 1 N–H and O–H groups in total. The standard InChI is InChI=1S/C11H20O/c1-4-5-10-7-11(9(3)12)6-8(10)2/h4,8-12H,1,5-7H2,2-3H3/t8-,9+,10?,11?/m0/s1. The van der Waals surface area contributed by atoms with Gasteiger partial charge < -0.3 is 5.11 Å². The van der Waals surface area contributed by atoms with Crippen molar-refractivity contribution in [2.75, 3.05) is 0 Å². The molecule has 1 saturated carbocycles. The summed E-state index contributed by atoms with van der Waals surface area (Å²) in [6.45, 7) is 7.96. The predicted octanol–water partition coefficient (Wildman–Crippen LogP) is 2.61. The molecule has 12 heavy (non-hydrogen) atoms. The van der Waals surface area contributed by atoms with E-state index in [1.807, 2.05) is 13.0 Å². The molecule has 0 spiro atoms. The van der Waals surface area contributed by atoms with Crippen molar-refractivity contribution in [3.63, 3.8) is 0 Å². The van der Waals surface area contributed by atoms with Gasteiger partial charge in [0.1, 0.15) is 0 Å². The van der Waals surface area contributed by atoms with Crippen molar-refractivity contribution in [2.45, 2.75) is 39.2 Å². The molecule has 0 aromatic heterocycles. The van der Waals surface area contributed by atoms with E-state index in [0.29, 0.717) is 5.92 Å². The van der Waals surface area contributed by atoms with Crippen LogP contribution in [0.1, 0.15) is 33.1 Å². The zero-order chi connectivity index (χ0) is 9.14. The van der Waals surface area contributed by atoms with Crippen molar-refractivity contribution in [3.05, 3.63) is 12.7 Å². The number of aliphatic hydroxyl groups is 1. The van der Waals surface area contributed by atoms with E-state index in [9.17, 15) is 5.11 Å². The van der Waals surface area contributed by atoms with Crippen molar-refractivity contribution < 1.29 is 5.11 Å². The van der Waals surface area contributed by atoms with Crippen molar-refractivity contribution in [1.82, 2.24) is 0 Å². The molecule has 1 heteroatoms. The first-order chi connectivity index (χ1) is 5.65. The highest BCUT2D eigenvalue weighted by molar-refractivity contribution is 4.87. The lowest BCUT2D eigenvalue weighted by molar-refractivity contribution is 0.125. The van der Waals surface area contributed by atoms with Crippen molar-refractivity contribution in [1.29, 1.82) is 0 Å². The van der Waals surface area contributed by atoms with Gasteiger partial charge in [-0.1, -0.05) is 13.0 Å².